The summed E-state index contributed by atoms with van der Waals surface area (Å²) < 4.78 is 12.6. The number of rotatable bonds is 4. The lowest BCUT2D eigenvalue weighted by Gasteiger charge is -2.11. The molecular formula is C14H11FO2. The second-order valence-corrected chi connectivity index (χ2v) is 3.61. The number of hydrogen-bond acceptors (Lipinski definition) is 2. The van der Waals surface area contributed by atoms with E-state index in [1.165, 1.54) is 0 Å². The summed E-state index contributed by atoms with van der Waals surface area (Å²) >= 11 is 0. The van der Waals surface area contributed by atoms with Gasteiger partial charge in [0.25, 0.3) is 0 Å². The van der Waals surface area contributed by atoms with Crippen LogP contribution in [-0.2, 0) is 4.94 Å². The zero-order chi connectivity index (χ0) is 12.1. The molecule has 0 amide bonds. The lowest BCUT2D eigenvalue weighted by Crippen LogP contribution is -2.13. The minimum Gasteiger partial charge on any atom is -0.291 e. The number of carbonyl (C=O) groups is 1. The molecule has 0 heterocycles. The minimum atomic E-state index is -1.20. The van der Waals surface area contributed by atoms with Gasteiger partial charge in [-0.3, -0.25) is 4.79 Å². The van der Waals surface area contributed by atoms with Gasteiger partial charge in [0, 0.05) is 5.56 Å². The summed E-state index contributed by atoms with van der Waals surface area (Å²) in [6.07, 6.45) is -1.20. The van der Waals surface area contributed by atoms with Crippen LogP contribution >= 0.6 is 0 Å². The Morgan fingerprint density at radius 1 is 0.941 bits per heavy atom. The van der Waals surface area contributed by atoms with Crippen LogP contribution in [0.4, 0.5) is 4.53 Å². The average molecular weight is 230 g/mol. The summed E-state index contributed by atoms with van der Waals surface area (Å²) in [6.45, 7) is 0. The molecule has 0 aliphatic carbocycles. The molecule has 0 saturated heterocycles. The van der Waals surface area contributed by atoms with Gasteiger partial charge in [-0.1, -0.05) is 60.7 Å². The fraction of sp³-hybridized carbons (Fsp3) is 0.0714. The highest BCUT2D eigenvalue weighted by Crippen LogP contribution is 2.22. The molecule has 0 radical (unpaired) electrons. The lowest BCUT2D eigenvalue weighted by molar-refractivity contribution is -0.164. The van der Waals surface area contributed by atoms with Crippen molar-refractivity contribution in [3.8, 4) is 0 Å². The molecule has 0 N–H and O–H groups in total. The summed E-state index contributed by atoms with van der Waals surface area (Å²) in [5.74, 6) is -0.390. The first-order chi connectivity index (χ1) is 8.33. The van der Waals surface area contributed by atoms with Gasteiger partial charge < -0.3 is 0 Å². The van der Waals surface area contributed by atoms with Crippen molar-refractivity contribution in [2.75, 3.05) is 0 Å². The van der Waals surface area contributed by atoms with Gasteiger partial charge in [-0.25, -0.2) is 0 Å². The summed E-state index contributed by atoms with van der Waals surface area (Å²) in [6, 6.07) is 17.1. The summed E-state index contributed by atoms with van der Waals surface area (Å²) in [5, 5.41) is 0. The Kier molecular flexibility index (Phi) is 3.62. The van der Waals surface area contributed by atoms with E-state index in [9.17, 15) is 9.32 Å². The molecule has 0 saturated carbocycles. The predicted octanol–water partition coefficient (Wildman–Crippen LogP) is 3.51. The van der Waals surface area contributed by atoms with Crippen LogP contribution in [0.5, 0.6) is 0 Å². The SMILES string of the molecule is O=C(c1ccccc1)C(OF)c1ccccc1. The molecule has 1 unspecified atom stereocenters. The van der Waals surface area contributed by atoms with Crippen LogP contribution in [0.25, 0.3) is 0 Å². The van der Waals surface area contributed by atoms with E-state index in [-0.39, 0.29) is 5.78 Å². The Hall–Kier alpha value is -2.00. The van der Waals surface area contributed by atoms with E-state index in [1.54, 1.807) is 60.7 Å². The molecule has 1 atom stereocenters. The molecule has 2 nitrogen and oxygen atoms in total. The Morgan fingerprint density at radius 2 is 1.47 bits per heavy atom. The third kappa shape index (κ3) is 2.57. The van der Waals surface area contributed by atoms with Gasteiger partial charge in [-0.15, -0.1) is 0 Å². The molecule has 0 aliphatic rings. The van der Waals surface area contributed by atoms with Gasteiger partial charge in [0.2, 0.25) is 0 Å². The first kappa shape index (κ1) is 11.5. The van der Waals surface area contributed by atoms with E-state index < -0.39 is 6.10 Å². The first-order valence-corrected chi connectivity index (χ1v) is 5.24. The molecule has 2 aromatic carbocycles. The Balaban J connectivity index is 2.29. The second-order valence-electron chi connectivity index (χ2n) is 3.61. The normalized spacial score (nSPS) is 12.1. The quantitative estimate of drug-likeness (QED) is 0.751. The number of Topliss-reactive ketones (excluding diaryl/α,β-unsaturated/α-hetero) is 1. The molecule has 17 heavy (non-hydrogen) atoms. The fourth-order valence-corrected chi connectivity index (χ4v) is 1.62. The van der Waals surface area contributed by atoms with E-state index in [0.29, 0.717) is 11.1 Å². The summed E-state index contributed by atoms with van der Waals surface area (Å²) in [5.41, 5.74) is 0.933. The Morgan fingerprint density at radius 3 is 2.00 bits per heavy atom. The first-order valence-electron chi connectivity index (χ1n) is 5.24. The highest BCUT2D eigenvalue weighted by Gasteiger charge is 2.23. The maximum absolute atomic E-state index is 12.6. The van der Waals surface area contributed by atoms with Crippen LogP contribution in [0.15, 0.2) is 60.7 Å². The molecular weight excluding hydrogens is 219 g/mol. The Bertz CT molecular complexity index is 482. The van der Waals surface area contributed by atoms with Crippen LogP contribution in [0, 0.1) is 0 Å². The number of hydrogen-bond donors (Lipinski definition) is 0. The fourth-order valence-electron chi connectivity index (χ4n) is 1.62. The average Bonchev–Trinajstić information content (AvgIpc) is 2.42. The van der Waals surface area contributed by atoms with Gasteiger partial charge in [-0.2, -0.15) is 4.94 Å². The van der Waals surface area contributed by atoms with Gasteiger partial charge in [0.15, 0.2) is 11.9 Å². The van der Waals surface area contributed by atoms with Gasteiger partial charge in [0.05, 0.1) is 0 Å². The molecule has 0 aromatic heterocycles. The van der Waals surface area contributed by atoms with Crippen LogP contribution in [0.2, 0.25) is 0 Å². The third-order valence-corrected chi connectivity index (χ3v) is 2.49. The summed E-state index contributed by atoms with van der Waals surface area (Å²) in [4.78, 5) is 15.8. The zero-order valence-corrected chi connectivity index (χ0v) is 9.05. The van der Waals surface area contributed by atoms with Crippen molar-refractivity contribution >= 4 is 5.78 Å². The second kappa shape index (κ2) is 5.37. The van der Waals surface area contributed by atoms with Crippen molar-refractivity contribution in [2.24, 2.45) is 0 Å². The molecule has 3 heteroatoms. The zero-order valence-electron chi connectivity index (χ0n) is 9.05. The topological polar surface area (TPSA) is 26.3 Å². The standard InChI is InChI=1S/C14H11FO2/c15-17-14(12-9-5-2-6-10-12)13(16)11-7-3-1-4-8-11/h1-10,14H. The molecule has 2 rings (SSSR count). The van der Waals surface area contributed by atoms with Gasteiger partial charge >= 0.3 is 0 Å². The number of carbonyl (C=O) groups excluding carboxylic acids is 1. The van der Waals surface area contributed by atoms with Gasteiger partial charge in [-0.05, 0) is 10.1 Å². The molecule has 0 fully saturated rings. The van der Waals surface area contributed by atoms with Crippen LogP contribution < -0.4 is 0 Å². The maximum atomic E-state index is 12.6. The van der Waals surface area contributed by atoms with Crippen molar-refractivity contribution in [1.29, 1.82) is 0 Å². The lowest BCUT2D eigenvalue weighted by atomic mass is 10.0. The van der Waals surface area contributed by atoms with E-state index in [1.807, 2.05) is 0 Å². The van der Waals surface area contributed by atoms with E-state index in [4.69, 9.17) is 0 Å². The number of benzene rings is 2. The van der Waals surface area contributed by atoms with E-state index in [0.717, 1.165) is 0 Å². The third-order valence-electron chi connectivity index (χ3n) is 2.49. The molecule has 86 valence electrons. The van der Waals surface area contributed by atoms with Crippen LogP contribution in [-0.4, -0.2) is 5.78 Å². The highest BCUT2D eigenvalue weighted by atomic mass is 19.3. The smallest absolute Gasteiger partial charge is 0.199 e. The highest BCUT2D eigenvalue weighted by molar-refractivity contribution is 5.99. The minimum absolute atomic E-state index is 0.390. The monoisotopic (exact) mass is 230 g/mol. The maximum Gasteiger partial charge on any atom is 0.199 e. The largest absolute Gasteiger partial charge is 0.291 e. The van der Waals surface area contributed by atoms with Crippen molar-refractivity contribution in [3.63, 3.8) is 0 Å². The van der Waals surface area contributed by atoms with Crippen LogP contribution in [0.3, 0.4) is 0 Å². The van der Waals surface area contributed by atoms with Crippen molar-refractivity contribution in [2.45, 2.75) is 6.10 Å². The number of halogens is 1. The molecule has 0 spiro atoms. The number of ketones is 1. The van der Waals surface area contributed by atoms with Crippen molar-refractivity contribution < 1.29 is 14.3 Å². The van der Waals surface area contributed by atoms with Crippen LogP contribution in [0.1, 0.15) is 22.0 Å². The van der Waals surface area contributed by atoms with Crippen molar-refractivity contribution in [1.82, 2.24) is 0 Å². The van der Waals surface area contributed by atoms with Gasteiger partial charge in [0.1, 0.15) is 0 Å². The molecule has 0 aliphatic heterocycles. The van der Waals surface area contributed by atoms with E-state index in [2.05, 4.69) is 4.94 Å². The molecule has 0 bridgehead atoms. The Labute approximate surface area is 98.6 Å². The van der Waals surface area contributed by atoms with E-state index >= 15 is 0 Å². The van der Waals surface area contributed by atoms with Crippen molar-refractivity contribution in [3.05, 3.63) is 71.8 Å². The molecule has 2 aromatic rings. The predicted molar refractivity (Wildman–Crippen MR) is 62.1 cm³/mol. The summed E-state index contributed by atoms with van der Waals surface area (Å²) in [7, 11) is 0.